The third-order valence-corrected chi connectivity index (χ3v) is 6.10. The number of carbonyl (C=O) groups excluding carboxylic acids is 1. The Morgan fingerprint density at radius 1 is 1.27 bits per heavy atom. The van der Waals surface area contributed by atoms with Crippen LogP contribution in [-0.4, -0.2) is 22.5 Å². The molecule has 2 heterocycles. The number of nitrogens with zero attached hydrogens (tertiary/aromatic N) is 2. The lowest BCUT2D eigenvalue weighted by Gasteiger charge is -2.35. The van der Waals surface area contributed by atoms with Gasteiger partial charge in [-0.15, -0.1) is 0 Å². The Bertz CT molecular complexity index is 757. The molecule has 3 aliphatic rings. The first-order valence-corrected chi connectivity index (χ1v) is 8.78. The number of hydrogen-bond donors (Lipinski definition) is 0. The number of ketones is 1. The van der Waals surface area contributed by atoms with Crippen LogP contribution in [0.4, 0.5) is 0 Å². The van der Waals surface area contributed by atoms with Gasteiger partial charge in [-0.05, 0) is 42.7 Å². The van der Waals surface area contributed by atoms with E-state index in [0.717, 1.165) is 35.4 Å². The summed E-state index contributed by atoms with van der Waals surface area (Å²) in [5, 5.41) is 9.44. The molecule has 0 saturated carbocycles. The molecule has 0 N–H and O–H groups in total. The van der Waals surface area contributed by atoms with Crippen molar-refractivity contribution < 1.29 is 4.79 Å². The van der Waals surface area contributed by atoms with Gasteiger partial charge in [0.15, 0.2) is 5.78 Å². The fourth-order valence-electron chi connectivity index (χ4n) is 3.71. The number of nitriles is 1. The SMILES string of the molecule is N#Cc1cccc(C2C3=C(CCC3=O)N=C3CCCSC32)c1. The highest BCUT2D eigenvalue weighted by molar-refractivity contribution is 8.00. The van der Waals surface area contributed by atoms with Crippen LogP contribution in [-0.2, 0) is 4.79 Å². The molecule has 1 fully saturated rings. The molecule has 0 amide bonds. The lowest BCUT2D eigenvalue weighted by atomic mass is 9.81. The van der Waals surface area contributed by atoms with Crippen molar-refractivity contribution >= 4 is 23.3 Å². The van der Waals surface area contributed by atoms with Crippen LogP contribution in [0.1, 0.15) is 42.7 Å². The molecule has 4 heteroatoms. The number of benzene rings is 1. The summed E-state index contributed by atoms with van der Waals surface area (Å²) in [5.74, 6) is 1.45. The molecule has 1 saturated heterocycles. The fourth-order valence-corrected chi connectivity index (χ4v) is 5.12. The number of allylic oxidation sites excluding steroid dienone is 2. The highest BCUT2D eigenvalue weighted by Crippen LogP contribution is 2.47. The zero-order valence-corrected chi connectivity index (χ0v) is 13.0. The summed E-state index contributed by atoms with van der Waals surface area (Å²) in [6.45, 7) is 0. The molecule has 1 aromatic carbocycles. The highest BCUT2D eigenvalue weighted by atomic mass is 32.2. The molecule has 4 rings (SSSR count). The summed E-state index contributed by atoms with van der Waals surface area (Å²) in [6, 6.07) is 9.95. The number of hydrogen-bond acceptors (Lipinski definition) is 4. The lowest BCUT2D eigenvalue weighted by molar-refractivity contribution is -0.115. The van der Waals surface area contributed by atoms with Gasteiger partial charge in [0.05, 0.1) is 16.9 Å². The van der Waals surface area contributed by atoms with Gasteiger partial charge in [-0.3, -0.25) is 9.79 Å². The number of thioether (sulfide) groups is 1. The third-order valence-electron chi connectivity index (χ3n) is 4.67. The van der Waals surface area contributed by atoms with Gasteiger partial charge in [-0.25, -0.2) is 0 Å². The van der Waals surface area contributed by atoms with E-state index in [0.29, 0.717) is 12.0 Å². The van der Waals surface area contributed by atoms with E-state index < -0.39 is 0 Å². The van der Waals surface area contributed by atoms with Crippen LogP contribution in [0.15, 0.2) is 40.5 Å². The van der Waals surface area contributed by atoms with Crippen LogP contribution < -0.4 is 0 Å². The smallest absolute Gasteiger partial charge is 0.161 e. The second-order valence-electron chi connectivity index (χ2n) is 6.00. The molecule has 110 valence electrons. The zero-order valence-electron chi connectivity index (χ0n) is 12.2. The Morgan fingerprint density at radius 2 is 2.18 bits per heavy atom. The average molecular weight is 308 g/mol. The Morgan fingerprint density at radius 3 is 3.05 bits per heavy atom. The molecule has 1 aromatic rings. The van der Waals surface area contributed by atoms with Gasteiger partial charge in [0.25, 0.3) is 0 Å². The van der Waals surface area contributed by atoms with Crippen molar-refractivity contribution in [2.75, 3.05) is 5.75 Å². The molecule has 1 aliphatic carbocycles. The maximum atomic E-state index is 12.4. The third kappa shape index (κ3) is 2.12. The van der Waals surface area contributed by atoms with Crippen LogP contribution in [0, 0.1) is 11.3 Å². The van der Waals surface area contributed by atoms with Crippen molar-refractivity contribution in [1.29, 1.82) is 5.26 Å². The van der Waals surface area contributed by atoms with Crippen molar-refractivity contribution in [3.05, 3.63) is 46.7 Å². The summed E-state index contributed by atoms with van der Waals surface area (Å²) in [7, 11) is 0. The first kappa shape index (κ1) is 13.8. The van der Waals surface area contributed by atoms with E-state index in [1.807, 2.05) is 30.0 Å². The molecule has 2 unspecified atom stereocenters. The molecule has 2 aliphatic heterocycles. The van der Waals surface area contributed by atoms with Crippen LogP contribution in [0.5, 0.6) is 0 Å². The second kappa shape index (κ2) is 5.40. The Labute approximate surface area is 134 Å². The maximum absolute atomic E-state index is 12.4. The van der Waals surface area contributed by atoms with Crippen LogP contribution in [0.25, 0.3) is 0 Å². The van der Waals surface area contributed by atoms with Crippen molar-refractivity contribution in [2.45, 2.75) is 36.9 Å². The summed E-state index contributed by atoms with van der Waals surface area (Å²) in [4.78, 5) is 17.2. The molecule has 22 heavy (non-hydrogen) atoms. The number of Topliss-reactive ketones (excluding diaryl/α,β-unsaturated/α-hetero) is 1. The second-order valence-corrected chi connectivity index (χ2v) is 7.25. The average Bonchev–Trinajstić information content (AvgIpc) is 2.93. The summed E-state index contributed by atoms with van der Waals surface area (Å²) >= 11 is 1.91. The number of carbonyl (C=O) groups is 1. The van der Waals surface area contributed by atoms with Gasteiger partial charge in [0.2, 0.25) is 0 Å². The monoisotopic (exact) mass is 308 g/mol. The van der Waals surface area contributed by atoms with Gasteiger partial charge >= 0.3 is 0 Å². The summed E-state index contributed by atoms with van der Waals surface area (Å²) in [5.41, 5.74) is 4.92. The molecular weight excluding hydrogens is 292 g/mol. The van der Waals surface area contributed by atoms with Crippen molar-refractivity contribution in [3.63, 3.8) is 0 Å². The Kier molecular flexibility index (Phi) is 3.38. The van der Waals surface area contributed by atoms with E-state index in [1.54, 1.807) is 0 Å². The van der Waals surface area contributed by atoms with Crippen molar-refractivity contribution in [3.8, 4) is 6.07 Å². The van der Waals surface area contributed by atoms with Crippen molar-refractivity contribution in [1.82, 2.24) is 0 Å². The molecule has 0 aromatic heterocycles. The maximum Gasteiger partial charge on any atom is 0.161 e. The van der Waals surface area contributed by atoms with Crippen LogP contribution in [0.2, 0.25) is 0 Å². The molecular formula is C18H16N2OS. The Balaban J connectivity index is 1.86. The van der Waals surface area contributed by atoms with E-state index in [9.17, 15) is 10.1 Å². The minimum absolute atomic E-state index is 0.0797. The van der Waals surface area contributed by atoms with E-state index in [1.165, 1.54) is 12.1 Å². The molecule has 2 atom stereocenters. The van der Waals surface area contributed by atoms with Gasteiger partial charge < -0.3 is 0 Å². The van der Waals surface area contributed by atoms with E-state index >= 15 is 0 Å². The normalized spacial score (nSPS) is 27.0. The highest BCUT2D eigenvalue weighted by Gasteiger charge is 2.42. The number of rotatable bonds is 1. The minimum Gasteiger partial charge on any atom is -0.294 e. The van der Waals surface area contributed by atoms with Gasteiger partial charge in [0, 0.05) is 29.3 Å². The standard InChI is InChI=1S/C18H16N2OS/c19-10-11-3-1-4-12(9-11)16-17-13(6-7-15(17)21)20-14-5-2-8-22-18(14)16/h1,3-4,9,16,18H,2,5-8H2. The van der Waals surface area contributed by atoms with Crippen molar-refractivity contribution in [2.24, 2.45) is 4.99 Å². The molecule has 0 spiro atoms. The molecule has 0 radical (unpaired) electrons. The summed E-state index contributed by atoms with van der Waals surface area (Å²) < 4.78 is 0. The number of fused-ring (bicyclic) bond motifs is 1. The van der Waals surface area contributed by atoms with Gasteiger partial charge in [-0.1, -0.05) is 12.1 Å². The van der Waals surface area contributed by atoms with Gasteiger partial charge in [0.1, 0.15) is 0 Å². The molecule has 0 bridgehead atoms. The van der Waals surface area contributed by atoms with Crippen LogP contribution in [0.3, 0.4) is 0 Å². The summed E-state index contributed by atoms with van der Waals surface area (Å²) in [6.07, 6.45) is 3.58. The number of aliphatic imine (C=N–C) groups is 1. The van der Waals surface area contributed by atoms with Gasteiger partial charge in [-0.2, -0.15) is 17.0 Å². The topological polar surface area (TPSA) is 53.2 Å². The fraction of sp³-hybridized carbons (Fsp3) is 0.389. The van der Waals surface area contributed by atoms with E-state index in [4.69, 9.17) is 4.99 Å². The molecule has 3 nitrogen and oxygen atoms in total. The van der Waals surface area contributed by atoms with Crippen LogP contribution >= 0.6 is 11.8 Å². The quantitative estimate of drug-likeness (QED) is 0.796. The zero-order chi connectivity index (χ0) is 15.1. The van der Waals surface area contributed by atoms with E-state index in [2.05, 4.69) is 12.1 Å². The predicted octanol–water partition coefficient (Wildman–Crippen LogP) is 3.61. The van der Waals surface area contributed by atoms with E-state index in [-0.39, 0.29) is 17.0 Å². The largest absolute Gasteiger partial charge is 0.294 e. The first-order chi connectivity index (χ1) is 10.8. The lowest BCUT2D eigenvalue weighted by Crippen LogP contribution is -2.34. The first-order valence-electron chi connectivity index (χ1n) is 7.73. The Hall–Kier alpha value is -1.86. The minimum atomic E-state index is 0.0797. The predicted molar refractivity (Wildman–Crippen MR) is 88.1 cm³/mol.